The molecule has 1 aromatic carbocycles. The number of aromatic nitrogens is 3. The Morgan fingerprint density at radius 3 is 2.78 bits per heavy atom. The Morgan fingerprint density at radius 2 is 2.00 bits per heavy atom. The third kappa shape index (κ3) is 3.92. The second kappa shape index (κ2) is 7.01. The number of pyridine rings is 1. The molecule has 23 heavy (non-hydrogen) atoms. The van der Waals surface area contributed by atoms with Crippen LogP contribution in [0.4, 0.5) is 10.2 Å². The van der Waals surface area contributed by atoms with Gasteiger partial charge in [0.15, 0.2) is 0 Å². The van der Waals surface area contributed by atoms with E-state index in [9.17, 15) is 9.18 Å². The van der Waals surface area contributed by atoms with Gasteiger partial charge in [-0.05, 0) is 24.3 Å². The Morgan fingerprint density at radius 1 is 1.17 bits per heavy atom. The van der Waals surface area contributed by atoms with Crippen molar-refractivity contribution in [3.8, 4) is 11.5 Å². The van der Waals surface area contributed by atoms with Crippen molar-refractivity contribution in [3.63, 3.8) is 0 Å². The summed E-state index contributed by atoms with van der Waals surface area (Å²) in [5.41, 5.74) is 0.227. The van der Waals surface area contributed by atoms with Crippen LogP contribution < -0.4 is 5.32 Å². The van der Waals surface area contributed by atoms with Gasteiger partial charge in [-0.3, -0.25) is 4.79 Å². The Kier molecular flexibility index (Phi) is 4.62. The van der Waals surface area contributed by atoms with Gasteiger partial charge in [-0.2, -0.15) is 0 Å². The smallest absolute Gasteiger partial charge is 0.277 e. The molecule has 3 rings (SSSR count). The first-order chi connectivity index (χ1) is 11.2. The normalized spacial score (nSPS) is 10.5. The van der Waals surface area contributed by atoms with Crippen LogP contribution in [0, 0.1) is 5.82 Å². The van der Waals surface area contributed by atoms with E-state index < -0.39 is 5.82 Å². The standard InChI is InChI=1S/C15H11FN4O2S/c16-11-6-2-1-5-10(11)14-19-20-15(22-14)23-9-13(21)18-12-7-3-4-8-17-12/h1-8H,9H2,(H,17,18,21). The Bertz CT molecular complexity index is 810. The van der Waals surface area contributed by atoms with Gasteiger partial charge in [-0.15, -0.1) is 10.2 Å². The number of amides is 1. The maximum absolute atomic E-state index is 13.6. The van der Waals surface area contributed by atoms with Gasteiger partial charge < -0.3 is 9.73 Å². The number of anilines is 1. The lowest BCUT2D eigenvalue weighted by Crippen LogP contribution is -2.14. The van der Waals surface area contributed by atoms with Gasteiger partial charge in [0.2, 0.25) is 5.91 Å². The topological polar surface area (TPSA) is 80.9 Å². The monoisotopic (exact) mass is 330 g/mol. The van der Waals surface area contributed by atoms with Crippen LogP contribution in [-0.4, -0.2) is 26.8 Å². The molecule has 0 saturated carbocycles. The molecule has 116 valence electrons. The Labute approximate surface area is 135 Å². The summed E-state index contributed by atoms with van der Waals surface area (Å²) in [6.07, 6.45) is 1.58. The van der Waals surface area contributed by atoms with Crippen molar-refractivity contribution in [1.29, 1.82) is 0 Å². The Balaban J connectivity index is 1.59. The van der Waals surface area contributed by atoms with E-state index in [1.54, 1.807) is 42.6 Å². The first-order valence-corrected chi connectivity index (χ1v) is 7.63. The van der Waals surface area contributed by atoms with Gasteiger partial charge in [0.1, 0.15) is 11.6 Å². The van der Waals surface area contributed by atoms with Crippen LogP contribution in [0.2, 0.25) is 0 Å². The van der Waals surface area contributed by atoms with E-state index in [4.69, 9.17) is 4.42 Å². The van der Waals surface area contributed by atoms with Crippen LogP contribution in [0.3, 0.4) is 0 Å². The molecule has 1 N–H and O–H groups in total. The molecule has 6 nitrogen and oxygen atoms in total. The predicted molar refractivity (Wildman–Crippen MR) is 83.3 cm³/mol. The first-order valence-electron chi connectivity index (χ1n) is 6.64. The van der Waals surface area contributed by atoms with E-state index in [-0.39, 0.29) is 28.3 Å². The minimum Gasteiger partial charge on any atom is -0.411 e. The number of thioether (sulfide) groups is 1. The first kappa shape index (κ1) is 15.2. The predicted octanol–water partition coefficient (Wildman–Crippen LogP) is 3.00. The lowest BCUT2D eigenvalue weighted by Gasteiger charge is -2.01. The number of nitrogens with zero attached hydrogens (tertiary/aromatic N) is 3. The van der Waals surface area contributed by atoms with Crippen LogP contribution in [0.25, 0.3) is 11.5 Å². The molecule has 0 saturated heterocycles. The number of carbonyl (C=O) groups excluding carboxylic acids is 1. The summed E-state index contributed by atoms with van der Waals surface area (Å²) in [6, 6.07) is 11.3. The van der Waals surface area contributed by atoms with Crippen molar-refractivity contribution in [2.24, 2.45) is 0 Å². The molecule has 0 aliphatic heterocycles. The second-order valence-corrected chi connectivity index (χ2v) is 5.33. The fraction of sp³-hybridized carbons (Fsp3) is 0.0667. The van der Waals surface area contributed by atoms with E-state index >= 15 is 0 Å². The van der Waals surface area contributed by atoms with E-state index in [1.165, 1.54) is 6.07 Å². The SMILES string of the molecule is O=C(CSc1nnc(-c2ccccc2F)o1)Nc1ccccn1. The highest BCUT2D eigenvalue weighted by Gasteiger charge is 2.14. The number of hydrogen-bond acceptors (Lipinski definition) is 6. The average Bonchev–Trinajstić information content (AvgIpc) is 3.03. The summed E-state index contributed by atoms with van der Waals surface area (Å²) in [7, 11) is 0. The van der Waals surface area contributed by atoms with Gasteiger partial charge in [-0.1, -0.05) is 30.0 Å². The van der Waals surface area contributed by atoms with Crippen LogP contribution in [-0.2, 0) is 4.79 Å². The summed E-state index contributed by atoms with van der Waals surface area (Å²) < 4.78 is 19.0. The van der Waals surface area contributed by atoms with Gasteiger partial charge >= 0.3 is 0 Å². The number of carbonyl (C=O) groups is 1. The highest BCUT2D eigenvalue weighted by molar-refractivity contribution is 7.99. The zero-order valence-corrected chi connectivity index (χ0v) is 12.6. The largest absolute Gasteiger partial charge is 0.411 e. The van der Waals surface area contributed by atoms with Crippen molar-refractivity contribution in [2.75, 3.05) is 11.1 Å². The zero-order valence-electron chi connectivity index (χ0n) is 11.8. The average molecular weight is 330 g/mol. The van der Waals surface area contributed by atoms with Crippen molar-refractivity contribution >= 4 is 23.5 Å². The summed E-state index contributed by atoms with van der Waals surface area (Å²) in [5, 5.41) is 10.4. The van der Waals surface area contributed by atoms with Crippen molar-refractivity contribution in [3.05, 3.63) is 54.5 Å². The summed E-state index contributed by atoms with van der Waals surface area (Å²) in [4.78, 5) is 15.8. The summed E-state index contributed by atoms with van der Waals surface area (Å²) >= 11 is 1.07. The maximum atomic E-state index is 13.6. The molecule has 1 amide bonds. The van der Waals surface area contributed by atoms with E-state index in [0.717, 1.165) is 11.8 Å². The molecule has 0 radical (unpaired) electrons. The van der Waals surface area contributed by atoms with Crippen LogP contribution >= 0.6 is 11.8 Å². The minimum absolute atomic E-state index is 0.0788. The van der Waals surface area contributed by atoms with E-state index in [1.807, 2.05) is 0 Å². The van der Waals surface area contributed by atoms with Gasteiger partial charge in [0, 0.05) is 6.20 Å². The highest BCUT2D eigenvalue weighted by Crippen LogP contribution is 2.25. The maximum Gasteiger partial charge on any atom is 0.277 e. The number of rotatable bonds is 5. The number of hydrogen-bond donors (Lipinski definition) is 1. The molecule has 0 atom stereocenters. The molecule has 0 aliphatic carbocycles. The highest BCUT2D eigenvalue weighted by atomic mass is 32.2. The quantitative estimate of drug-likeness (QED) is 0.724. The van der Waals surface area contributed by atoms with Crippen LogP contribution in [0.5, 0.6) is 0 Å². The summed E-state index contributed by atoms with van der Waals surface area (Å²) in [6.45, 7) is 0. The number of halogens is 1. The third-order valence-corrected chi connectivity index (χ3v) is 3.59. The fourth-order valence-corrected chi connectivity index (χ4v) is 2.32. The van der Waals surface area contributed by atoms with Crippen molar-refractivity contribution < 1.29 is 13.6 Å². The summed E-state index contributed by atoms with van der Waals surface area (Å²) in [5.74, 6) is -0.0681. The third-order valence-electron chi connectivity index (χ3n) is 2.77. The lowest BCUT2D eigenvalue weighted by molar-refractivity contribution is -0.113. The van der Waals surface area contributed by atoms with Gasteiger partial charge in [0.25, 0.3) is 11.1 Å². The molecule has 0 fully saturated rings. The number of benzene rings is 1. The van der Waals surface area contributed by atoms with Crippen molar-refractivity contribution in [2.45, 2.75) is 5.22 Å². The Hall–Kier alpha value is -2.74. The molecule has 0 aliphatic rings. The van der Waals surface area contributed by atoms with E-state index in [2.05, 4.69) is 20.5 Å². The molecule has 2 heterocycles. The van der Waals surface area contributed by atoms with Crippen molar-refractivity contribution in [1.82, 2.24) is 15.2 Å². The van der Waals surface area contributed by atoms with E-state index in [0.29, 0.717) is 5.82 Å². The molecular formula is C15H11FN4O2S. The molecule has 0 unspecified atom stereocenters. The van der Waals surface area contributed by atoms with Gasteiger partial charge in [-0.25, -0.2) is 9.37 Å². The zero-order chi connectivity index (χ0) is 16.1. The molecular weight excluding hydrogens is 319 g/mol. The number of nitrogens with one attached hydrogen (secondary N) is 1. The minimum atomic E-state index is -0.444. The lowest BCUT2D eigenvalue weighted by atomic mass is 10.2. The fourth-order valence-electron chi connectivity index (χ4n) is 1.75. The molecule has 0 bridgehead atoms. The van der Waals surface area contributed by atoms with Crippen LogP contribution in [0.15, 0.2) is 58.3 Å². The molecule has 2 aromatic heterocycles. The van der Waals surface area contributed by atoms with Crippen LogP contribution in [0.1, 0.15) is 0 Å². The molecule has 8 heteroatoms. The van der Waals surface area contributed by atoms with Gasteiger partial charge in [0.05, 0.1) is 11.3 Å². The molecule has 3 aromatic rings. The molecule has 0 spiro atoms. The second-order valence-electron chi connectivity index (χ2n) is 4.40.